The quantitative estimate of drug-likeness (QED) is 0.357. The lowest BCUT2D eigenvalue weighted by atomic mass is 10.1. The van der Waals surface area contributed by atoms with Crippen molar-refractivity contribution < 1.29 is 9.21 Å². The Morgan fingerprint density at radius 1 is 1.23 bits per heavy atom. The molecule has 8 heteroatoms. The van der Waals surface area contributed by atoms with Gasteiger partial charge in [0.15, 0.2) is 11.7 Å². The highest BCUT2D eigenvalue weighted by molar-refractivity contribution is 14.0. The van der Waals surface area contributed by atoms with Gasteiger partial charge in [-0.15, -0.1) is 24.0 Å². The number of oxazole rings is 1. The minimum atomic E-state index is 0. The summed E-state index contributed by atoms with van der Waals surface area (Å²) in [7, 11) is 1.75. The minimum Gasteiger partial charge on any atom is -0.439 e. The van der Waals surface area contributed by atoms with Crippen LogP contribution in [-0.2, 0) is 11.3 Å². The van der Waals surface area contributed by atoms with E-state index in [0.717, 1.165) is 43.7 Å². The fourth-order valence-corrected chi connectivity index (χ4v) is 4.18. The number of nitrogens with one attached hydrogen (secondary N) is 2. The zero-order valence-electron chi connectivity index (χ0n) is 17.3. The van der Waals surface area contributed by atoms with Crippen molar-refractivity contribution in [3.63, 3.8) is 0 Å². The van der Waals surface area contributed by atoms with E-state index in [0.29, 0.717) is 24.3 Å². The Hall–Kier alpha value is -2.10. The van der Waals surface area contributed by atoms with Crippen molar-refractivity contribution in [2.24, 2.45) is 10.9 Å². The van der Waals surface area contributed by atoms with E-state index in [1.54, 1.807) is 13.2 Å². The van der Waals surface area contributed by atoms with Gasteiger partial charge in [0.2, 0.25) is 11.8 Å². The average molecular weight is 523 g/mol. The number of hydrogen-bond acceptors (Lipinski definition) is 4. The van der Waals surface area contributed by atoms with Gasteiger partial charge in [-0.05, 0) is 19.3 Å². The van der Waals surface area contributed by atoms with Gasteiger partial charge >= 0.3 is 0 Å². The molecule has 2 fully saturated rings. The number of amides is 1. The minimum absolute atomic E-state index is 0. The van der Waals surface area contributed by atoms with Crippen molar-refractivity contribution in [2.45, 2.75) is 44.7 Å². The standard InChI is InChI=1S/C22H29N5O2.HI/c1-23-22(25-14-20-24-13-19(29-20)16-7-3-2-4-8-16)26-18-11-12-27(15-18)21(28)17-9-5-6-10-17;/h2-4,7-8,13,17-18H,5-6,9-12,14-15H2,1H3,(H2,23,25,26);1H. The van der Waals surface area contributed by atoms with Crippen LogP contribution in [0.4, 0.5) is 0 Å². The number of carbonyl (C=O) groups is 1. The number of halogens is 1. The molecule has 1 aromatic carbocycles. The van der Waals surface area contributed by atoms with Crippen LogP contribution in [0.15, 0.2) is 45.9 Å². The summed E-state index contributed by atoms with van der Waals surface area (Å²) >= 11 is 0. The first-order chi connectivity index (χ1) is 14.2. The summed E-state index contributed by atoms with van der Waals surface area (Å²) in [6.07, 6.45) is 7.17. The van der Waals surface area contributed by atoms with E-state index >= 15 is 0 Å². The Morgan fingerprint density at radius 2 is 2.00 bits per heavy atom. The van der Waals surface area contributed by atoms with E-state index < -0.39 is 0 Å². The number of rotatable bonds is 5. The molecule has 1 aliphatic heterocycles. The van der Waals surface area contributed by atoms with Gasteiger partial charge in [-0.25, -0.2) is 4.98 Å². The van der Waals surface area contributed by atoms with Crippen molar-refractivity contribution in [3.05, 3.63) is 42.4 Å². The summed E-state index contributed by atoms with van der Waals surface area (Å²) in [6, 6.07) is 10.1. The highest BCUT2D eigenvalue weighted by Crippen LogP contribution is 2.27. The summed E-state index contributed by atoms with van der Waals surface area (Å²) in [5, 5.41) is 6.68. The fourth-order valence-electron chi connectivity index (χ4n) is 4.18. The molecule has 1 saturated heterocycles. The van der Waals surface area contributed by atoms with Gasteiger partial charge in [0.1, 0.15) is 0 Å². The highest BCUT2D eigenvalue weighted by Gasteiger charge is 2.32. The van der Waals surface area contributed by atoms with E-state index in [4.69, 9.17) is 4.42 Å². The predicted molar refractivity (Wildman–Crippen MR) is 128 cm³/mol. The lowest BCUT2D eigenvalue weighted by Gasteiger charge is -2.21. The Bertz CT molecular complexity index is 848. The summed E-state index contributed by atoms with van der Waals surface area (Å²) in [5.74, 6) is 2.64. The Morgan fingerprint density at radius 3 is 2.73 bits per heavy atom. The van der Waals surface area contributed by atoms with Gasteiger partial charge in [0.05, 0.1) is 12.7 Å². The summed E-state index contributed by atoms with van der Waals surface area (Å²) in [5.41, 5.74) is 1.01. The first-order valence-corrected chi connectivity index (χ1v) is 10.5. The largest absolute Gasteiger partial charge is 0.439 e. The molecule has 0 spiro atoms. The SMILES string of the molecule is CN=C(NCc1ncc(-c2ccccc2)o1)NC1CCN(C(=O)C2CCCC2)C1.I. The van der Waals surface area contributed by atoms with Crippen molar-refractivity contribution >= 4 is 35.8 Å². The van der Waals surface area contributed by atoms with Crippen LogP contribution < -0.4 is 10.6 Å². The van der Waals surface area contributed by atoms with Crippen LogP contribution in [0.5, 0.6) is 0 Å². The van der Waals surface area contributed by atoms with Crippen LogP contribution in [0.2, 0.25) is 0 Å². The van der Waals surface area contributed by atoms with Crippen LogP contribution in [0.1, 0.15) is 38.0 Å². The number of nitrogens with zero attached hydrogens (tertiary/aromatic N) is 3. The van der Waals surface area contributed by atoms with Crippen LogP contribution >= 0.6 is 24.0 Å². The van der Waals surface area contributed by atoms with Gasteiger partial charge in [-0.3, -0.25) is 9.79 Å². The van der Waals surface area contributed by atoms with Gasteiger partial charge in [0, 0.05) is 37.7 Å². The van der Waals surface area contributed by atoms with Crippen molar-refractivity contribution in [3.8, 4) is 11.3 Å². The Labute approximate surface area is 194 Å². The molecule has 1 atom stereocenters. The first-order valence-electron chi connectivity index (χ1n) is 10.5. The van der Waals surface area contributed by atoms with Crippen molar-refractivity contribution in [1.29, 1.82) is 0 Å². The van der Waals surface area contributed by atoms with E-state index in [9.17, 15) is 4.79 Å². The topological polar surface area (TPSA) is 82.8 Å². The van der Waals surface area contributed by atoms with Crippen molar-refractivity contribution in [2.75, 3.05) is 20.1 Å². The van der Waals surface area contributed by atoms with Gasteiger partial charge in [0.25, 0.3) is 0 Å². The zero-order chi connectivity index (χ0) is 20.1. The van der Waals surface area contributed by atoms with Crippen molar-refractivity contribution in [1.82, 2.24) is 20.5 Å². The Kier molecular flexibility index (Phi) is 8.12. The summed E-state index contributed by atoms with van der Waals surface area (Å²) in [6.45, 7) is 2.02. The molecule has 1 amide bonds. The smallest absolute Gasteiger partial charge is 0.225 e. The predicted octanol–water partition coefficient (Wildman–Crippen LogP) is 3.42. The molecule has 2 aromatic rings. The van der Waals surface area contributed by atoms with Crippen LogP contribution in [-0.4, -0.2) is 47.9 Å². The summed E-state index contributed by atoms with van der Waals surface area (Å²) < 4.78 is 5.83. The van der Waals surface area contributed by atoms with E-state index in [1.807, 2.05) is 35.2 Å². The van der Waals surface area contributed by atoms with Crippen LogP contribution in [0, 0.1) is 5.92 Å². The van der Waals surface area contributed by atoms with E-state index in [2.05, 4.69) is 20.6 Å². The number of benzene rings is 1. The molecule has 7 nitrogen and oxygen atoms in total. The molecule has 162 valence electrons. The molecule has 0 radical (unpaired) electrons. The normalized spacial score (nSPS) is 19.6. The molecule has 1 unspecified atom stereocenters. The molecule has 1 aliphatic carbocycles. The number of aromatic nitrogens is 1. The molecule has 2 heterocycles. The Balaban J connectivity index is 0.00000256. The van der Waals surface area contributed by atoms with Gasteiger partial charge in [-0.2, -0.15) is 0 Å². The lowest BCUT2D eigenvalue weighted by molar-refractivity contribution is -0.134. The maximum atomic E-state index is 12.6. The molecule has 30 heavy (non-hydrogen) atoms. The molecule has 1 aromatic heterocycles. The number of guanidine groups is 1. The second kappa shape index (κ2) is 10.8. The zero-order valence-corrected chi connectivity index (χ0v) is 19.7. The lowest BCUT2D eigenvalue weighted by Crippen LogP contribution is -2.45. The average Bonchev–Trinajstić information content (AvgIpc) is 3.53. The molecular formula is C22H30IN5O2. The van der Waals surface area contributed by atoms with E-state index in [1.165, 1.54) is 12.8 Å². The maximum Gasteiger partial charge on any atom is 0.225 e. The summed E-state index contributed by atoms with van der Waals surface area (Å²) in [4.78, 5) is 23.3. The molecule has 2 aliphatic rings. The molecular weight excluding hydrogens is 493 g/mol. The second-order valence-electron chi connectivity index (χ2n) is 7.81. The molecule has 0 bridgehead atoms. The number of aliphatic imine (C=N–C) groups is 1. The second-order valence-corrected chi connectivity index (χ2v) is 7.81. The maximum absolute atomic E-state index is 12.6. The van der Waals surface area contributed by atoms with Gasteiger partial charge < -0.3 is 20.0 Å². The van der Waals surface area contributed by atoms with E-state index in [-0.39, 0.29) is 35.9 Å². The first kappa shape index (κ1) is 22.6. The molecule has 4 rings (SSSR count). The van der Waals surface area contributed by atoms with Crippen LogP contribution in [0.3, 0.4) is 0 Å². The third kappa shape index (κ3) is 5.53. The number of likely N-dealkylation sites (tertiary alicyclic amines) is 1. The molecule has 1 saturated carbocycles. The fraction of sp³-hybridized carbons (Fsp3) is 0.500. The van der Waals surface area contributed by atoms with Crippen LogP contribution in [0.25, 0.3) is 11.3 Å². The molecule has 2 N–H and O–H groups in total. The third-order valence-corrected chi connectivity index (χ3v) is 5.79. The third-order valence-electron chi connectivity index (χ3n) is 5.79. The number of hydrogen-bond donors (Lipinski definition) is 2. The number of carbonyl (C=O) groups excluding carboxylic acids is 1. The monoisotopic (exact) mass is 523 g/mol. The van der Waals surface area contributed by atoms with Gasteiger partial charge in [-0.1, -0.05) is 43.2 Å². The highest BCUT2D eigenvalue weighted by atomic mass is 127.